The van der Waals surface area contributed by atoms with E-state index in [0.29, 0.717) is 5.56 Å². The molecular weight excluding hydrogens is 334 g/mol. The Bertz CT molecular complexity index is 786. The lowest BCUT2D eigenvalue weighted by molar-refractivity contribution is -0.137. The van der Waals surface area contributed by atoms with Crippen molar-refractivity contribution in [2.45, 2.75) is 17.6 Å². The lowest BCUT2D eigenvalue weighted by Crippen LogP contribution is -2.26. The lowest BCUT2D eigenvalue weighted by Gasteiger charge is -2.17. The Kier molecular flexibility index (Phi) is 4.76. The van der Waals surface area contributed by atoms with Gasteiger partial charge >= 0.3 is 6.18 Å². The molecule has 124 valence electrons. The zero-order valence-electron chi connectivity index (χ0n) is 12.0. The van der Waals surface area contributed by atoms with E-state index in [0.717, 1.165) is 28.6 Å². The topological polar surface area (TPSA) is 37.4 Å². The van der Waals surface area contributed by atoms with Gasteiger partial charge in [-0.25, -0.2) is 12.8 Å². The largest absolute Gasteiger partial charge is 0.416 e. The third-order valence-corrected chi connectivity index (χ3v) is 4.99. The summed E-state index contributed by atoms with van der Waals surface area (Å²) in [6.07, 6.45) is -4.45. The Balaban J connectivity index is 2.20. The molecular formula is C15H13F4NO2S. The predicted molar refractivity (Wildman–Crippen MR) is 76.5 cm³/mol. The van der Waals surface area contributed by atoms with Gasteiger partial charge in [-0.1, -0.05) is 18.2 Å². The summed E-state index contributed by atoms with van der Waals surface area (Å²) in [6.45, 7) is -0.128. The standard InChI is InChI=1S/C15H13F4NO2S/c1-20(23(21,22)14-4-2-3-13(16)9-14)10-11-5-7-12(8-6-11)15(17,18)19/h2-9H,10H2,1H3. The van der Waals surface area contributed by atoms with Crippen LogP contribution in [0.3, 0.4) is 0 Å². The van der Waals surface area contributed by atoms with Crippen LogP contribution in [0.2, 0.25) is 0 Å². The summed E-state index contributed by atoms with van der Waals surface area (Å²) in [5, 5.41) is 0. The second kappa shape index (κ2) is 6.29. The molecule has 0 aliphatic rings. The second-order valence-electron chi connectivity index (χ2n) is 4.91. The molecule has 0 N–H and O–H groups in total. The van der Waals surface area contributed by atoms with E-state index in [4.69, 9.17) is 0 Å². The van der Waals surface area contributed by atoms with E-state index < -0.39 is 27.6 Å². The Morgan fingerprint density at radius 2 is 1.65 bits per heavy atom. The number of halogens is 4. The van der Waals surface area contributed by atoms with Crippen LogP contribution >= 0.6 is 0 Å². The van der Waals surface area contributed by atoms with Gasteiger partial charge < -0.3 is 0 Å². The maximum atomic E-state index is 13.2. The molecule has 0 aliphatic heterocycles. The minimum atomic E-state index is -4.45. The van der Waals surface area contributed by atoms with Crippen molar-refractivity contribution < 1.29 is 26.0 Å². The molecule has 8 heteroatoms. The summed E-state index contributed by atoms with van der Waals surface area (Å²) >= 11 is 0. The highest BCUT2D eigenvalue weighted by Gasteiger charge is 2.30. The molecule has 0 radical (unpaired) electrons. The van der Waals surface area contributed by atoms with Crippen molar-refractivity contribution in [2.24, 2.45) is 0 Å². The van der Waals surface area contributed by atoms with Gasteiger partial charge in [0, 0.05) is 13.6 Å². The van der Waals surface area contributed by atoms with Crippen LogP contribution < -0.4 is 0 Å². The molecule has 0 aliphatic carbocycles. The van der Waals surface area contributed by atoms with Crippen LogP contribution in [0.5, 0.6) is 0 Å². The molecule has 23 heavy (non-hydrogen) atoms. The van der Waals surface area contributed by atoms with Crippen molar-refractivity contribution in [3.63, 3.8) is 0 Å². The first-order valence-corrected chi connectivity index (χ1v) is 7.93. The molecule has 0 aromatic heterocycles. The van der Waals surface area contributed by atoms with E-state index in [-0.39, 0.29) is 11.4 Å². The van der Waals surface area contributed by atoms with E-state index in [1.807, 2.05) is 0 Å². The number of sulfonamides is 1. The fraction of sp³-hybridized carbons (Fsp3) is 0.200. The SMILES string of the molecule is CN(Cc1ccc(C(F)(F)F)cc1)S(=O)(=O)c1cccc(F)c1. The Morgan fingerprint density at radius 1 is 1.04 bits per heavy atom. The molecule has 0 saturated carbocycles. The van der Waals surface area contributed by atoms with Crippen LogP contribution in [0, 0.1) is 5.82 Å². The molecule has 0 heterocycles. The second-order valence-corrected chi connectivity index (χ2v) is 6.96. The molecule has 0 unspecified atom stereocenters. The minimum absolute atomic E-state index is 0.128. The van der Waals surface area contributed by atoms with E-state index in [9.17, 15) is 26.0 Å². The molecule has 0 spiro atoms. The van der Waals surface area contributed by atoms with Gasteiger partial charge in [0.25, 0.3) is 0 Å². The molecule has 2 aromatic carbocycles. The molecule has 0 amide bonds. The van der Waals surface area contributed by atoms with Crippen LogP contribution in [0.4, 0.5) is 17.6 Å². The molecule has 0 atom stereocenters. The molecule has 0 saturated heterocycles. The quantitative estimate of drug-likeness (QED) is 0.792. The third kappa shape index (κ3) is 4.08. The molecule has 2 rings (SSSR count). The van der Waals surface area contributed by atoms with Crippen molar-refractivity contribution in [1.29, 1.82) is 0 Å². The average Bonchev–Trinajstić information content (AvgIpc) is 2.46. The van der Waals surface area contributed by atoms with Crippen LogP contribution in [0.25, 0.3) is 0 Å². The van der Waals surface area contributed by atoms with Crippen LogP contribution in [0.1, 0.15) is 11.1 Å². The van der Waals surface area contributed by atoms with Gasteiger partial charge in [0.1, 0.15) is 5.82 Å². The first-order valence-electron chi connectivity index (χ1n) is 6.49. The summed E-state index contributed by atoms with van der Waals surface area (Å²) in [4.78, 5) is -0.216. The summed E-state index contributed by atoms with van der Waals surface area (Å²) < 4.78 is 76.2. The average molecular weight is 347 g/mol. The van der Waals surface area contributed by atoms with Crippen molar-refractivity contribution >= 4 is 10.0 Å². The highest BCUT2D eigenvalue weighted by Crippen LogP contribution is 2.29. The fourth-order valence-corrected chi connectivity index (χ4v) is 3.14. The highest BCUT2D eigenvalue weighted by molar-refractivity contribution is 7.89. The van der Waals surface area contributed by atoms with Gasteiger partial charge in [-0.15, -0.1) is 0 Å². The maximum Gasteiger partial charge on any atom is 0.416 e. The van der Waals surface area contributed by atoms with Crippen molar-refractivity contribution in [1.82, 2.24) is 4.31 Å². The molecule has 0 bridgehead atoms. The van der Waals surface area contributed by atoms with Crippen molar-refractivity contribution in [3.05, 3.63) is 65.5 Å². The number of alkyl halides is 3. The van der Waals surface area contributed by atoms with E-state index in [1.165, 1.54) is 31.3 Å². The zero-order chi connectivity index (χ0) is 17.3. The Hall–Kier alpha value is -1.93. The summed E-state index contributed by atoms with van der Waals surface area (Å²) in [5.41, 5.74) is -0.419. The van der Waals surface area contributed by atoms with Gasteiger partial charge in [0.05, 0.1) is 10.5 Å². The first kappa shape index (κ1) is 17.4. The van der Waals surface area contributed by atoms with Gasteiger partial charge in [-0.2, -0.15) is 17.5 Å². The van der Waals surface area contributed by atoms with Crippen molar-refractivity contribution in [2.75, 3.05) is 7.05 Å². The van der Waals surface area contributed by atoms with E-state index in [1.54, 1.807) is 0 Å². The fourth-order valence-electron chi connectivity index (χ4n) is 1.95. The number of nitrogens with zero attached hydrogens (tertiary/aromatic N) is 1. The highest BCUT2D eigenvalue weighted by atomic mass is 32.2. The number of benzene rings is 2. The summed E-state index contributed by atoms with van der Waals surface area (Å²) in [7, 11) is -2.65. The Labute approximate surface area is 131 Å². The zero-order valence-corrected chi connectivity index (χ0v) is 12.8. The van der Waals surface area contributed by atoms with Gasteiger partial charge in [0.2, 0.25) is 10.0 Å². The number of hydrogen-bond acceptors (Lipinski definition) is 2. The minimum Gasteiger partial charge on any atom is -0.207 e. The predicted octanol–water partition coefficient (Wildman–Crippen LogP) is 3.67. The van der Waals surface area contributed by atoms with Gasteiger partial charge in [-0.05, 0) is 35.9 Å². The van der Waals surface area contributed by atoms with Gasteiger partial charge in [0.15, 0.2) is 0 Å². The van der Waals surface area contributed by atoms with E-state index >= 15 is 0 Å². The smallest absolute Gasteiger partial charge is 0.207 e. The van der Waals surface area contributed by atoms with Gasteiger partial charge in [-0.3, -0.25) is 0 Å². The van der Waals surface area contributed by atoms with Crippen LogP contribution in [-0.4, -0.2) is 19.8 Å². The summed E-state index contributed by atoms with van der Waals surface area (Å²) in [6, 6.07) is 8.72. The first-order chi connectivity index (χ1) is 10.6. The Morgan fingerprint density at radius 3 is 2.17 bits per heavy atom. The summed E-state index contributed by atoms with van der Waals surface area (Å²) in [5.74, 6) is -0.686. The molecule has 0 fully saturated rings. The maximum absolute atomic E-state index is 13.2. The molecule has 3 nitrogen and oxygen atoms in total. The lowest BCUT2D eigenvalue weighted by atomic mass is 10.1. The number of hydrogen-bond donors (Lipinski definition) is 0. The third-order valence-electron chi connectivity index (χ3n) is 3.19. The normalized spacial score (nSPS) is 12.6. The van der Waals surface area contributed by atoms with Crippen molar-refractivity contribution in [3.8, 4) is 0 Å². The van der Waals surface area contributed by atoms with Crippen LogP contribution in [-0.2, 0) is 22.7 Å². The van der Waals surface area contributed by atoms with Crippen LogP contribution in [0.15, 0.2) is 53.4 Å². The number of rotatable bonds is 4. The monoisotopic (exact) mass is 347 g/mol. The molecule has 2 aromatic rings. The van der Waals surface area contributed by atoms with E-state index in [2.05, 4.69) is 0 Å².